The third-order valence-corrected chi connectivity index (χ3v) is 2.73. The van der Waals surface area contributed by atoms with E-state index in [9.17, 15) is 4.79 Å². The quantitative estimate of drug-likeness (QED) is 0.518. The monoisotopic (exact) mass is 229 g/mol. The highest BCUT2D eigenvalue weighted by atomic mass is 16.1. The van der Waals surface area contributed by atoms with Crippen LogP contribution in [0.2, 0.25) is 0 Å². The van der Waals surface area contributed by atoms with Crippen LogP contribution in [0.3, 0.4) is 0 Å². The molecule has 4 heteroatoms. The van der Waals surface area contributed by atoms with E-state index in [1.54, 1.807) is 24.4 Å². The molecular weight excluding hydrogens is 214 g/mol. The Kier molecular flexibility index (Phi) is 3.73. The molecule has 17 heavy (non-hydrogen) atoms. The third kappa shape index (κ3) is 3.30. The second-order valence-corrected chi connectivity index (χ2v) is 4.07. The summed E-state index contributed by atoms with van der Waals surface area (Å²) in [6, 6.07) is 8.16. The Labute approximate surface area is 101 Å². The lowest BCUT2D eigenvalue weighted by atomic mass is 10.2. The van der Waals surface area contributed by atoms with Crippen LogP contribution in [0.4, 0.5) is 0 Å². The first-order valence-electron chi connectivity index (χ1n) is 5.66. The van der Waals surface area contributed by atoms with Crippen LogP contribution in [-0.4, -0.2) is 53.8 Å². The number of hydrogen-bond donors (Lipinski definition) is 0. The zero-order valence-corrected chi connectivity index (χ0v) is 9.89. The largest absolute Gasteiger partial charge is 0.330 e. The number of nitrogens with zero attached hydrogens (tertiary/aromatic N) is 3. The first-order chi connectivity index (χ1) is 8.25. The maximum absolute atomic E-state index is 11.7. The maximum atomic E-state index is 11.7. The minimum atomic E-state index is -0.218. The van der Waals surface area contributed by atoms with E-state index in [0.29, 0.717) is 5.69 Å². The van der Waals surface area contributed by atoms with Crippen LogP contribution in [0.25, 0.3) is 0 Å². The number of hydrogen-bond acceptors (Lipinski definition) is 4. The predicted molar refractivity (Wildman–Crippen MR) is 65.4 cm³/mol. The van der Waals surface area contributed by atoms with Gasteiger partial charge in [-0.1, -0.05) is 6.07 Å². The summed E-state index contributed by atoms with van der Waals surface area (Å²) < 4.78 is 0. The van der Waals surface area contributed by atoms with Gasteiger partial charge >= 0.3 is 0 Å². The van der Waals surface area contributed by atoms with Gasteiger partial charge in [-0.25, -0.2) is 0 Å². The highest BCUT2D eigenvalue weighted by Gasteiger charge is 2.10. The molecule has 1 aromatic rings. The van der Waals surface area contributed by atoms with Crippen molar-refractivity contribution in [2.75, 3.05) is 33.2 Å². The zero-order valence-electron chi connectivity index (χ0n) is 9.89. The number of rotatable bonds is 1. The summed E-state index contributed by atoms with van der Waals surface area (Å²) in [6.45, 7) is 3.76. The Hall–Kier alpha value is -1.86. The number of ketones is 1. The zero-order chi connectivity index (χ0) is 12.1. The number of likely N-dealkylation sites (N-methyl/N-ethyl adjacent to an activating group) is 1. The van der Waals surface area contributed by atoms with Crippen LogP contribution >= 0.6 is 0 Å². The molecule has 0 aliphatic carbocycles. The van der Waals surface area contributed by atoms with Crippen molar-refractivity contribution >= 4 is 5.78 Å². The molecule has 1 fully saturated rings. The van der Waals surface area contributed by atoms with Crippen molar-refractivity contribution < 1.29 is 4.79 Å². The molecule has 88 valence electrons. The standard InChI is InChI=1S/C13H15N3O/c1-15-8-10-16(11-9-15)7-5-13(17)12-4-2-3-6-14-12/h2-4,6H,8-11H2,1H3. The predicted octanol–water partition coefficient (Wildman–Crippen LogP) is 0.473. The minimum Gasteiger partial charge on any atom is -0.330 e. The van der Waals surface area contributed by atoms with Gasteiger partial charge in [0.25, 0.3) is 5.78 Å². The summed E-state index contributed by atoms with van der Waals surface area (Å²) in [7, 11) is 2.09. The highest BCUT2D eigenvalue weighted by Crippen LogP contribution is 1.98. The first-order valence-corrected chi connectivity index (χ1v) is 5.66. The summed E-state index contributed by atoms with van der Waals surface area (Å²) in [5, 5.41) is 0. The van der Waals surface area contributed by atoms with Crippen LogP contribution in [0.5, 0.6) is 0 Å². The van der Waals surface area contributed by atoms with Gasteiger partial charge in [-0.2, -0.15) is 0 Å². The van der Waals surface area contributed by atoms with Gasteiger partial charge in [-0.05, 0) is 19.2 Å². The van der Waals surface area contributed by atoms with Crippen molar-refractivity contribution in [1.82, 2.24) is 14.8 Å². The van der Waals surface area contributed by atoms with Crippen molar-refractivity contribution in [2.24, 2.45) is 0 Å². The van der Waals surface area contributed by atoms with Crippen molar-refractivity contribution in [1.29, 1.82) is 0 Å². The van der Waals surface area contributed by atoms with Crippen LogP contribution in [0, 0.1) is 12.0 Å². The Morgan fingerprint density at radius 1 is 1.29 bits per heavy atom. The molecule has 1 aliphatic rings. The molecule has 1 aliphatic heterocycles. The molecule has 1 saturated heterocycles. The Balaban J connectivity index is 1.95. The minimum absolute atomic E-state index is 0.218. The molecule has 0 unspecified atom stereocenters. The lowest BCUT2D eigenvalue weighted by Crippen LogP contribution is -2.42. The Morgan fingerprint density at radius 2 is 2.06 bits per heavy atom. The van der Waals surface area contributed by atoms with Gasteiger partial charge < -0.3 is 9.80 Å². The molecular formula is C13H15N3O. The van der Waals surface area contributed by atoms with Gasteiger partial charge in [0, 0.05) is 44.3 Å². The number of Topliss-reactive ketones (excluding diaryl/α,β-unsaturated/α-hetero) is 1. The second-order valence-electron chi connectivity index (χ2n) is 4.07. The normalized spacial score (nSPS) is 16.2. The fraction of sp³-hybridized carbons (Fsp3) is 0.385. The van der Waals surface area contributed by atoms with Crippen molar-refractivity contribution in [3.05, 3.63) is 30.1 Å². The van der Waals surface area contributed by atoms with Gasteiger partial charge in [-0.3, -0.25) is 9.78 Å². The smallest absolute Gasteiger partial charge is 0.255 e. The molecule has 0 saturated carbocycles. The van der Waals surface area contributed by atoms with Gasteiger partial charge in [0.1, 0.15) is 5.69 Å². The number of aromatic nitrogens is 1. The topological polar surface area (TPSA) is 36.4 Å². The van der Waals surface area contributed by atoms with Crippen molar-refractivity contribution in [3.8, 4) is 12.0 Å². The summed E-state index contributed by atoms with van der Waals surface area (Å²) in [5.41, 5.74) is 0.411. The summed E-state index contributed by atoms with van der Waals surface area (Å²) in [5.74, 6) is 2.42. The van der Waals surface area contributed by atoms with E-state index >= 15 is 0 Å². The van der Waals surface area contributed by atoms with E-state index in [4.69, 9.17) is 0 Å². The highest BCUT2D eigenvalue weighted by molar-refractivity contribution is 6.07. The summed E-state index contributed by atoms with van der Waals surface area (Å²) in [6.07, 6.45) is 1.60. The van der Waals surface area contributed by atoms with Crippen molar-refractivity contribution in [3.63, 3.8) is 0 Å². The number of pyridine rings is 1. The van der Waals surface area contributed by atoms with Gasteiger partial charge in [-0.15, -0.1) is 0 Å². The Morgan fingerprint density at radius 3 is 2.71 bits per heavy atom. The fourth-order valence-corrected chi connectivity index (χ4v) is 1.61. The molecule has 0 bridgehead atoms. The lowest BCUT2D eigenvalue weighted by Gasteiger charge is -2.29. The van der Waals surface area contributed by atoms with Crippen LogP contribution in [0.15, 0.2) is 24.4 Å². The molecule has 0 N–H and O–H groups in total. The van der Waals surface area contributed by atoms with Crippen molar-refractivity contribution in [2.45, 2.75) is 0 Å². The molecule has 0 amide bonds. The van der Waals surface area contributed by atoms with E-state index < -0.39 is 0 Å². The molecule has 4 nitrogen and oxygen atoms in total. The maximum Gasteiger partial charge on any atom is 0.255 e. The molecule has 2 heterocycles. The van der Waals surface area contributed by atoms with Gasteiger partial charge in [0.05, 0.1) is 0 Å². The third-order valence-electron chi connectivity index (χ3n) is 2.73. The molecule has 0 aromatic carbocycles. The fourth-order valence-electron chi connectivity index (χ4n) is 1.61. The average Bonchev–Trinajstić information content (AvgIpc) is 2.39. The number of carbonyl (C=O) groups is 1. The molecule has 0 spiro atoms. The van der Waals surface area contributed by atoms with Gasteiger partial charge in [0.2, 0.25) is 0 Å². The number of piperazine rings is 1. The molecule has 2 rings (SSSR count). The summed E-state index contributed by atoms with van der Waals surface area (Å²) in [4.78, 5) is 19.9. The molecule has 0 atom stereocenters. The van der Waals surface area contributed by atoms with E-state index in [-0.39, 0.29) is 5.78 Å². The average molecular weight is 229 g/mol. The van der Waals surface area contributed by atoms with E-state index in [1.807, 2.05) is 4.90 Å². The van der Waals surface area contributed by atoms with E-state index in [2.05, 4.69) is 28.9 Å². The summed E-state index contributed by atoms with van der Waals surface area (Å²) >= 11 is 0. The van der Waals surface area contributed by atoms with Gasteiger partial charge in [0.15, 0.2) is 0 Å². The van der Waals surface area contributed by atoms with Crippen LogP contribution < -0.4 is 0 Å². The van der Waals surface area contributed by atoms with E-state index in [1.165, 1.54) is 0 Å². The Bertz CT molecular complexity index is 439. The molecule has 1 aromatic heterocycles. The van der Waals surface area contributed by atoms with E-state index in [0.717, 1.165) is 26.2 Å². The van der Waals surface area contributed by atoms with Crippen LogP contribution in [0.1, 0.15) is 10.5 Å². The van der Waals surface area contributed by atoms with Crippen LogP contribution in [-0.2, 0) is 0 Å². The molecule has 0 radical (unpaired) electrons. The SMILES string of the molecule is CN1CCN(C#CC(=O)c2ccccn2)CC1. The number of carbonyl (C=O) groups excluding carboxylic acids is 1. The first kappa shape index (κ1) is 11.6. The second kappa shape index (κ2) is 5.46. The lowest BCUT2D eigenvalue weighted by molar-refractivity contribution is 0.105.